The zero-order valence-electron chi connectivity index (χ0n) is 18.2. The average Bonchev–Trinajstić information content (AvgIpc) is 3.40. The zero-order valence-corrected chi connectivity index (χ0v) is 19.0. The number of carbonyl (C=O) groups is 1. The van der Waals surface area contributed by atoms with Crippen LogP contribution in [0.3, 0.4) is 0 Å². The number of aromatic hydroxyl groups is 1. The maximum Gasteiger partial charge on any atom is 0.260 e. The van der Waals surface area contributed by atoms with Gasteiger partial charge in [-0.15, -0.1) is 0 Å². The van der Waals surface area contributed by atoms with E-state index in [0.29, 0.717) is 38.8 Å². The van der Waals surface area contributed by atoms with Crippen LogP contribution in [0.15, 0.2) is 65.2 Å². The number of carbonyl (C=O) groups excluding carboxylic acids is 1. The van der Waals surface area contributed by atoms with E-state index in [9.17, 15) is 15.0 Å². The van der Waals surface area contributed by atoms with Gasteiger partial charge >= 0.3 is 0 Å². The van der Waals surface area contributed by atoms with Crippen molar-refractivity contribution >= 4 is 34.5 Å². The van der Waals surface area contributed by atoms with E-state index in [-0.39, 0.29) is 22.8 Å². The maximum atomic E-state index is 12.6. The molecule has 34 heavy (non-hydrogen) atoms. The van der Waals surface area contributed by atoms with E-state index in [4.69, 9.17) is 20.9 Å². The van der Waals surface area contributed by atoms with E-state index < -0.39 is 5.91 Å². The molecule has 0 radical (unpaired) electrons. The number of amides is 1. The monoisotopic (exact) mass is 474 g/mol. The number of para-hydroxylation sites is 1. The summed E-state index contributed by atoms with van der Waals surface area (Å²) < 4.78 is 10.3. The van der Waals surface area contributed by atoms with Gasteiger partial charge in [-0.05, 0) is 36.2 Å². The Bertz CT molecular complexity index is 1470. The summed E-state index contributed by atoms with van der Waals surface area (Å²) >= 11 is 6.54. The Kier molecular flexibility index (Phi) is 5.26. The van der Waals surface area contributed by atoms with E-state index in [1.165, 1.54) is 7.11 Å². The summed E-state index contributed by atoms with van der Waals surface area (Å²) in [5, 5.41) is 28.1. The Morgan fingerprint density at radius 3 is 2.38 bits per heavy atom. The molecular weight excluding hydrogens is 456 g/mol. The predicted octanol–water partition coefficient (Wildman–Crippen LogP) is 6.06. The lowest BCUT2D eigenvalue weighted by molar-refractivity contribution is -0.110. The molecular formula is C26H19ClN2O5. The molecule has 0 saturated heterocycles. The number of phenols is 1. The second-order valence-corrected chi connectivity index (χ2v) is 8.23. The molecule has 1 aliphatic heterocycles. The van der Waals surface area contributed by atoms with Crippen molar-refractivity contribution in [1.29, 1.82) is 0 Å². The van der Waals surface area contributed by atoms with Gasteiger partial charge in [-0.3, -0.25) is 4.79 Å². The van der Waals surface area contributed by atoms with Crippen molar-refractivity contribution < 1.29 is 24.3 Å². The number of aryl methyl sites for hydroxylation is 1. The van der Waals surface area contributed by atoms with Crippen LogP contribution in [0.4, 0.5) is 5.69 Å². The first-order valence-corrected chi connectivity index (χ1v) is 10.7. The first kappa shape index (κ1) is 21.6. The molecule has 3 N–H and O–H groups in total. The second kappa shape index (κ2) is 8.28. The van der Waals surface area contributed by atoms with Crippen LogP contribution in [0.1, 0.15) is 17.0 Å². The number of aliphatic hydroxyl groups is 1. The molecule has 0 atom stereocenters. The van der Waals surface area contributed by atoms with Crippen LogP contribution < -0.4 is 10.1 Å². The van der Waals surface area contributed by atoms with Gasteiger partial charge in [0.1, 0.15) is 0 Å². The molecule has 0 spiro atoms. The SMILES string of the molecule is COc1cccc(-c2ccc(-c3cc4c(cc3Cl)NC(=O)C4=C(O)c3cc(C)no3)cc2)c1O. The molecule has 0 bridgehead atoms. The number of aliphatic hydroxyl groups excluding tert-OH is 1. The fraction of sp³-hybridized carbons (Fsp3) is 0.0769. The number of nitrogens with one attached hydrogen (secondary N) is 1. The van der Waals surface area contributed by atoms with Crippen LogP contribution in [0.25, 0.3) is 33.6 Å². The number of hydrogen-bond acceptors (Lipinski definition) is 6. The van der Waals surface area contributed by atoms with Crippen LogP contribution in [0.2, 0.25) is 5.02 Å². The largest absolute Gasteiger partial charge is 0.504 e. The summed E-state index contributed by atoms with van der Waals surface area (Å²) in [6, 6.07) is 17.7. The summed E-state index contributed by atoms with van der Waals surface area (Å²) in [6.07, 6.45) is 0. The van der Waals surface area contributed by atoms with Gasteiger partial charge in [0.15, 0.2) is 17.3 Å². The van der Waals surface area contributed by atoms with Crippen LogP contribution in [0.5, 0.6) is 11.5 Å². The summed E-state index contributed by atoms with van der Waals surface area (Å²) in [6.45, 7) is 1.72. The topological polar surface area (TPSA) is 105 Å². The number of aromatic nitrogens is 1. The fourth-order valence-electron chi connectivity index (χ4n) is 3.99. The zero-order chi connectivity index (χ0) is 24.0. The van der Waals surface area contributed by atoms with Gasteiger partial charge in [0.25, 0.3) is 5.91 Å². The second-order valence-electron chi connectivity index (χ2n) is 7.82. The Hall–Kier alpha value is -4.23. The van der Waals surface area contributed by atoms with Gasteiger partial charge in [-0.2, -0.15) is 0 Å². The van der Waals surface area contributed by atoms with Gasteiger partial charge in [-0.1, -0.05) is 53.2 Å². The molecule has 2 heterocycles. The molecule has 0 unspecified atom stereocenters. The van der Waals surface area contributed by atoms with Crippen LogP contribution >= 0.6 is 11.6 Å². The predicted molar refractivity (Wildman–Crippen MR) is 130 cm³/mol. The van der Waals surface area contributed by atoms with Crippen molar-refractivity contribution in [1.82, 2.24) is 5.16 Å². The molecule has 1 aromatic heterocycles. The van der Waals surface area contributed by atoms with Crippen molar-refractivity contribution in [3.05, 3.63) is 82.7 Å². The fourth-order valence-corrected chi connectivity index (χ4v) is 4.27. The van der Waals surface area contributed by atoms with Crippen LogP contribution in [-0.4, -0.2) is 28.4 Å². The molecule has 1 amide bonds. The molecule has 3 aromatic carbocycles. The number of ether oxygens (including phenoxy) is 1. The quantitative estimate of drug-likeness (QED) is 0.245. The Morgan fingerprint density at radius 2 is 1.74 bits per heavy atom. The van der Waals surface area contributed by atoms with Gasteiger partial charge in [0.05, 0.1) is 29.1 Å². The molecule has 5 rings (SSSR count). The van der Waals surface area contributed by atoms with E-state index >= 15 is 0 Å². The van der Waals surface area contributed by atoms with Gasteiger partial charge < -0.3 is 24.8 Å². The maximum absolute atomic E-state index is 12.6. The molecule has 0 fully saturated rings. The number of fused-ring (bicyclic) bond motifs is 1. The third-order valence-electron chi connectivity index (χ3n) is 5.68. The molecule has 0 saturated carbocycles. The van der Waals surface area contributed by atoms with Gasteiger partial charge in [-0.25, -0.2) is 0 Å². The van der Waals surface area contributed by atoms with Crippen molar-refractivity contribution in [3.8, 4) is 33.8 Å². The number of methoxy groups -OCH3 is 1. The summed E-state index contributed by atoms with van der Waals surface area (Å²) in [5.41, 5.74) is 4.58. The summed E-state index contributed by atoms with van der Waals surface area (Å²) in [4.78, 5) is 12.6. The smallest absolute Gasteiger partial charge is 0.260 e. The lowest BCUT2D eigenvalue weighted by atomic mass is 9.96. The molecule has 1 aliphatic rings. The Balaban J connectivity index is 1.57. The van der Waals surface area contributed by atoms with E-state index in [0.717, 1.165) is 11.1 Å². The summed E-state index contributed by atoms with van der Waals surface area (Å²) in [7, 11) is 1.50. The van der Waals surface area contributed by atoms with Gasteiger partial charge in [0, 0.05) is 22.8 Å². The highest BCUT2D eigenvalue weighted by molar-refractivity contribution is 6.38. The van der Waals surface area contributed by atoms with Crippen molar-refractivity contribution in [2.75, 3.05) is 12.4 Å². The Morgan fingerprint density at radius 1 is 1.03 bits per heavy atom. The molecule has 8 heteroatoms. The average molecular weight is 475 g/mol. The Labute approximate surface area is 199 Å². The number of benzene rings is 3. The van der Waals surface area contributed by atoms with Crippen LogP contribution in [0, 0.1) is 6.92 Å². The molecule has 170 valence electrons. The van der Waals surface area contributed by atoms with E-state index in [1.54, 1.807) is 43.3 Å². The lowest BCUT2D eigenvalue weighted by Crippen LogP contribution is -2.05. The molecule has 0 aliphatic carbocycles. The minimum absolute atomic E-state index is 0.0609. The number of anilines is 1. The number of nitrogens with zero attached hydrogens (tertiary/aromatic N) is 1. The van der Waals surface area contributed by atoms with Crippen LogP contribution in [-0.2, 0) is 4.79 Å². The third kappa shape index (κ3) is 3.56. The van der Waals surface area contributed by atoms with E-state index in [2.05, 4.69) is 10.5 Å². The van der Waals surface area contributed by atoms with Crippen molar-refractivity contribution in [2.24, 2.45) is 0 Å². The highest BCUT2D eigenvalue weighted by atomic mass is 35.5. The van der Waals surface area contributed by atoms with Crippen molar-refractivity contribution in [2.45, 2.75) is 6.92 Å². The lowest BCUT2D eigenvalue weighted by Gasteiger charge is -2.11. The number of hydrogen-bond donors (Lipinski definition) is 3. The first-order chi connectivity index (χ1) is 16.4. The third-order valence-corrected chi connectivity index (χ3v) is 5.99. The minimum atomic E-state index is -0.460. The molecule has 4 aromatic rings. The molecule has 7 nitrogen and oxygen atoms in total. The number of rotatable bonds is 4. The minimum Gasteiger partial charge on any atom is -0.504 e. The van der Waals surface area contributed by atoms with E-state index in [1.807, 2.05) is 24.3 Å². The normalized spacial score (nSPS) is 14.0. The summed E-state index contributed by atoms with van der Waals surface area (Å²) in [5.74, 6) is -0.200. The van der Waals surface area contributed by atoms with Gasteiger partial charge in [0.2, 0.25) is 5.76 Å². The number of halogens is 1. The number of phenolic OH excluding ortho intramolecular Hbond substituents is 1. The first-order valence-electron chi connectivity index (χ1n) is 10.4. The highest BCUT2D eigenvalue weighted by Gasteiger charge is 2.31. The highest BCUT2D eigenvalue weighted by Crippen LogP contribution is 2.43. The standard InChI is InChI=1S/C26H19ClN2O5/c1-13-10-22(34-29-13)25(31)23-18-11-17(19(27)12-20(18)28-26(23)32)15-8-6-14(7-9-15)16-4-3-5-21(33-2)24(16)30/h3-12,30-31H,1-2H3,(H,28,32). The van der Waals surface area contributed by atoms with Crippen molar-refractivity contribution in [3.63, 3.8) is 0 Å².